The van der Waals surface area contributed by atoms with Gasteiger partial charge in [0.25, 0.3) is 5.91 Å². The summed E-state index contributed by atoms with van der Waals surface area (Å²) >= 11 is 6.66. The van der Waals surface area contributed by atoms with Crippen molar-refractivity contribution in [2.75, 3.05) is 57.8 Å². The molecule has 2 atom stereocenters. The highest BCUT2D eigenvalue weighted by molar-refractivity contribution is 6.35. The molecule has 182 valence electrons. The topological polar surface area (TPSA) is 81.2 Å². The zero-order chi connectivity index (χ0) is 24.1. The van der Waals surface area contributed by atoms with Gasteiger partial charge < -0.3 is 29.9 Å². The Kier molecular flexibility index (Phi) is 5.99. The average molecular weight is 494 g/mol. The smallest absolute Gasteiger partial charge is 0.261 e. The van der Waals surface area contributed by atoms with Crippen LogP contribution in [-0.2, 0) is 0 Å². The van der Waals surface area contributed by atoms with Gasteiger partial charge in [-0.1, -0.05) is 11.6 Å². The lowest BCUT2D eigenvalue weighted by Gasteiger charge is -2.40. The summed E-state index contributed by atoms with van der Waals surface area (Å²) in [5.74, 6) is -2.66. The maximum atomic E-state index is 14.9. The maximum absolute atomic E-state index is 14.9. The van der Waals surface area contributed by atoms with Gasteiger partial charge >= 0.3 is 0 Å². The molecule has 4 heterocycles. The first-order valence-corrected chi connectivity index (χ1v) is 11.7. The number of carbonyl (C=O) groups excluding carboxylic acids is 1. The average Bonchev–Trinajstić information content (AvgIpc) is 2.96. The number of carbonyl (C=O) groups is 1. The fraction of sp³-hybridized carbons (Fsp3) is 0.478. The minimum absolute atomic E-state index is 0.0230. The second-order valence-electron chi connectivity index (χ2n) is 9.03. The first-order valence-electron chi connectivity index (χ1n) is 11.3. The molecule has 11 heteroatoms. The number of piperazine rings is 2. The lowest BCUT2D eigenvalue weighted by atomic mass is 10.0. The first kappa shape index (κ1) is 23.1. The van der Waals surface area contributed by atoms with E-state index >= 15 is 0 Å². The van der Waals surface area contributed by atoms with Crippen LogP contribution in [0.25, 0.3) is 11.3 Å². The van der Waals surface area contributed by atoms with Crippen molar-refractivity contribution >= 4 is 23.3 Å². The quantitative estimate of drug-likeness (QED) is 0.664. The summed E-state index contributed by atoms with van der Waals surface area (Å²) in [5.41, 5.74) is -0.414. The van der Waals surface area contributed by atoms with Gasteiger partial charge in [0.05, 0.1) is 11.6 Å². The summed E-state index contributed by atoms with van der Waals surface area (Å²) in [4.78, 5) is 24.3. The highest BCUT2D eigenvalue weighted by atomic mass is 35.5. The standard InChI is InChI=1S/C23H26ClF2N5O3/c1-12-10-29(2)7-8-30(12)22-17-21(34-11-13-9-27-5-6-31(13)23(17)33)18(24)19(28-22)16-14(25)3-4-15(26)20(16)32/h3-4,12-13,27,32H,5-11H2,1-2H3/t12-,13+/m0/s1. The Bertz CT molecular complexity index is 1150. The number of ether oxygens (including phenoxy) is 1. The number of likely N-dealkylation sites (N-methyl/N-ethyl adjacent to an activating group) is 1. The Balaban J connectivity index is 1.75. The molecule has 1 aromatic heterocycles. The SMILES string of the molecule is C[C@H]1CN(C)CCN1c1nc(-c2c(F)ccc(F)c2O)c(Cl)c2c1C(=O)N1CCNC[C@@H]1CO2. The van der Waals surface area contributed by atoms with Gasteiger partial charge in [0.1, 0.15) is 34.5 Å². The van der Waals surface area contributed by atoms with Crippen LogP contribution in [0, 0.1) is 11.6 Å². The summed E-state index contributed by atoms with van der Waals surface area (Å²) in [6.45, 7) is 5.93. The number of aromatic nitrogens is 1. The molecule has 0 aliphatic carbocycles. The Labute approximate surface area is 201 Å². The molecule has 2 fully saturated rings. The number of hydrogen-bond acceptors (Lipinski definition) is 7. The zero-order valence-electron chi connectivity index (χ0n) is 18.9. The fourth-order valence-corrected chi connectivity index (χ4v) is 5.24. The van der Waals surface area contributed by atoms with E-state index < -0.39 is 22.9 Å². The normalized spacial score (nSPS) is 23.3. The van der Waals surface area contributed by atoms with Gasteiger partial charge in [0, 0.05) is 45.3 Å². The third-order valence-corrected chi connectivity index (χ3v) is 7.09. The van der Waals surface area contributed by atoms with Crippen molar-refractivity contribution in [3.05, 3.63) is 34.4 Å². The van der Waals surface area contributed by atoms with E-state index in [-0.39, 0.29) is 46.6 Å². The van der Waals surface area contributed by atoms with Crippen molar-refractivity contribution in [3.8, 4) is 22.8 Å². The number of halogens is 3. The van der Waals surface area contributed by atoms with E-state index in [0.29, 0.717) is 32.0 Å². The van der Waals surface area contributed by atoms with Gasteiger partial charge in [0.2, 0.25) is 0 Å². The van der Waals surface area contributed by atoms with Crippen LogP contribution in [0.5, 0.6) is 11.5 Å². The number of nitrogens with one attached hydrogen (secondary N) is 1. The largest absolute Gasteiger partial charge is 0.504 e. The predicted octanol–water partition coefficient (Wildman–Crippen LogP) is 2.33. The molecule has 1 amide bonds. The van der Waals surface area contributed by atoms with Crippen LogP contribution < -0.4 is 15.0 Å². The van der Waals surface area contributed by atoms with Crippen LogP contribution in [0.4, 0.5) is 14.6 Å². The van der Waals surface area contributed by atoms with Crippen LogP contribution in [0.15, 0.2) is 12.1 Å². The van der Waals surface area contributed by atoms with Gasteiger partial charge in [-0.25, -0.2) is 13.8 Å². The minimum Gasteiger partial charge on any atom is -0.504 e. The molecule has 8 nitrogen and oxygen atoms in total. The van der Waals surface area contributed by atoms with Crippen molar-refractivity contribution < 1.29 is 23.4 Å². The summed E-state index contributed by atoms with van der Waals surface area (Å²) in [6, 6.07) is 1.51. The first-order chi connectivity index (χ1) is 16.3. The molecule has 3 aliphatic rings. The lowest BCUT2D eigenvalue weighted by molar-refractivity contribution is 0.0606. The molecule has 0 bridgehead atoms. The Morgan fingerprint density at radius 1 is 1.18 bits per heavy atom. The van der Waals surface area contributed by atoms with Gasteiger partial charge in [-0.2, -0.15) is 0 Å². The molecule has 2 N–H and O–H groups in total. The monoisotopic (exact) mass is 493 g/mol. The molecule has 2 aromatic rings. The van der Waals surface area contributed by atoms with E-state index in [1.165, 1.54) is 0 Å². The molecular formula is C23H26ClF2N5O3. The van der Waals surface area contributed by atoms with Gasteiger partial charge in [-0.3, -0.25) is 4.79 Å². The number of hydrogen-bond donors (Lipinski definition) is 2. The van der Waals surface area contributed by atoms with Crippen molar-refractivity contribution in [3.63, 3.8) is 0 Å². The third kappa shape index (κ3) is 3.73. The molecule has 0 spiro atoms. The summed E-state index contributed by atoms with van der Waals surface area (Å²) in [7, 11) is 2.01. The molecule has 0 saturated carbocycles. The highest BCUT2D eigenvalue weighted by Crippen LogP contribution is 2.46. The van der Waals surface area contributed by atoms with Gasteiger partial charge in [-0.15, -0.1) is 0 Å². The number of phenolic OH excluding ortho intramolecular Hbond substituents is 1. The van der Waals surface area contributed by atoms with Crippen LogP contribution in [0.1, 0.15) is 17.3 Å². The number of anilines is 1. The van der Waals surface area contributed by atoms with Crippen molar-refractivity contribution in [2.24, 2.45) is 0 Å². The van der Waals surface area contributed by atoms with E-state index in [2.05, 4.69) is 15.2 Å². The van der Waals surface area contributed by atoms with Crippen molar-refractivity contribution in [2.45, 2.75) is 19.0 Å². The van der Waals surface area contributed by atoms with Crippen LogP contribution in [0.3, 0.4) is 0 Å². The molecule has 0 unspecified atom stereocenters. The zero-order valence-corrected chi connectivity index (χ0v) is 19.7. The molecule has 5 rings (SSSR count). The van der Waals surface area contributed by atoms with Crippen LogP contribution in [-0.4, -0.2) is 90.8 Å². The number of phenols is 1. The number of benzene rings is 1. The third-order valence-electron chi connectivity index (χ3n) is 6.74. The van der Waals surface area contributed by atoms with Crippen molar-refractivity contribution in [1.29, 1.82) is 0 Å². The minimum atomic E-state index is -1.00. The Morgan fingerprint density at radius 2 is 1.94 bits per heavy atom. The lowest BCUT2D eigenvalue weighted by Crippen LogP contribution is -2.55. The highest BCUT2D eigenvalue weighted by Gasteiger charge is 2.40. The van der Waals surface area contributed by atoms with Crippen LogP contribution >= 0.6 is 11.6 Å². The molecule has 3 aliphatic heterocycles. The van der Waals surface area contributed by atoms with E-state index in [9.17, 15) is 18.7 Å². The second-order valence-corrected chi connectivity index (χ2v) is 9.41. The van der Waals surface area contributed by atoms with E-state index in [1.54, 1.807) is 4.90 Å². The summed E-state index contributed by atoms with van der Waals surface area (Å²) in [6.07, 6.45) is 0. The molecule has 1 aromatic carbocycles. The van der Waals surface area contributed by atoms with Gasteiger partial charge in [0.15, 0.2) is 17.3 Å². The number of aromatic hydroxyl groups is 1. The van der Waals surface area contributed by atoms with E-state index in [1.807, 2.05) is 18.9 Å². The summed E-state index contributed by atoms with van der Waals surface area (Å²) in [5, 5.41) is 13.5. The molecular weight excluding hydrogens is 468 g/mol. The number of pyridine rings is 1. The van der Waals surface area contributed by atoms with Crippen molar-refractivity contribution in [1.82, 2.24) is 20.1 Å². The molecule has 2 saturated heterocycles. The van der Waals surface area contributed by atoms with E-state index in [0.717, 1.165) is 25.2 Å². The van der Waals surface area contributed by atoms with Gasteiger partial charge in [-0.05, 0) is 26.1 Å². The number of nitrogens with zero attached hydrogens (tertiary/aromatic N) is 4. The molecule has 0 radical (unpaired) electrons. The number of amides is 1. The Morgan fingerprint density at radius 3 is 2.71 bits per heavy atom. The Hall–Kier alpha value is -2.69. The van der Waals surface area contributed by atoms with E-state index in [4.69, 9.17) is 16.3 Å². The van der Waals surface area contributed by atoms with Crippen LogP contribution in [0.2, 0.25) is 5.02 Å². The molecule has 34 heavy (non-hydrogen) atoms. The maximum Gasteiger partial charge on any atom is 0.261 e. The fourth-order valence-electron chi connectivity index (χ4n) is 4.95. The number of rotatable bonds is 2. The summed E-state index contributed by atoms with van der Waals surface area (Å²) < 4.78 is 35.1. The second kappa shape index (κ2) is 8.83. The predicted molar refractivity (Wildman–Crippen MR) is 124 cm³/mol. The number of fused-ring (bicyclic) bond motifs is 2.